The number of rotatable bonds is 11. The summed E-state index contributed by atoms with van der Waals surface area (Å²) < 4.78 is 11.6. The van der Waals surface area contributed by atoms with Crippen molar-refractivity contribution in [2.45, 2.75) is 25.0 Å². The van der Waals surface area contributed by atoms with Crippen molar-refractivity contribution in [3.05, 3.63) is 131 Å². The van der Waals surface area contributed by atoms with Crippen LogP contribution in [0.2, 0.25) is 0 Å². The molecule has 4 aromatic rings. The van der Waals surface area contributed by atoms with Crippen molar-refractivity contribution in [1.29, 1.82) is 0 Å². The van der Waals surface area contributed by atoms with Gasteiger partial charge in [0.2, 0.25) is 5.91 Å². The van der Waals surface area contributed by atoms with E-state index < -0.39 is 17.9 Å². The van der Waals surface area contributed by atoms with E-state index in [9.17, 15) is 14.7 Å². The summed E-state index contributed by atoms with van der Waals surface area (Å²) in [6, 6.07) is 32.5. The summed E-state index contributed by atoms with van der Waals surface area (Å²) in [7, 11) is 1.54. The van der Waals surface area contributed by atoms with Gasteiger partial charge in [-0.2, -0.15) is 0 Å². The molecule has 4 rings (SSSR count). The lowest BCUT2D eigenvalue weighted by Crippen LogP contribution is -2.44. The summed E-state index contributed by atoms with van der Waals surface area (Å²) in [5.41, 5.74) is 3.15. The number of carbonyl (C=O) groups excluding carboxylic acids is 1. The minimum Gasteiger partial charge on any atom is -0.493 e. The highest BCUT2D eigenvalue weighted by molar-refractivity contribution is 5.90. The molecule has 0 spiro atoms. The predicted molar refractivity (Wildman–Crippen MR) is 142 cm³/mol. The molecule has 1 amide bonds. The van der Waals surface area contributed by atoms with Crippen molar-refractivity contribution in [3.8, 4) is 11.5 Å². The normalized spacial score (nSPS) is 11.5. The first-order valence-corrected chi connectivity index (χ1v) is 12.0. The molecule has 0 aromatic heterocycles. The Balaban J connectivity index is 1.59. The highest BCUT2D eigenvalue weighted by Crippen LogP contribution is 2.33. The van der Waals surface area contributed by atoms with E-state index >= 15 is 0 Å². The average molecular weight is 496 g/mol. The van der Waals surface area contributed by atoms with E-state index in [1.165, 1.54) is 7.11 Å². The van der Waals surface area contributed by atoms with Crippen LogP contribution >= 0.6 is 0 Å². The van der Waals surface area contributed by atoms with Crippen molar-refractivity contribution in [2.24, 2.45) is 0 Å². The fourth-order valence-corrected chi connectivity index (χ4v) is 4.24. The van der Waals surface area contributed by atoms with Crippen LogP contribution in [0, 0.1) is 0 Å². The second-order valence-corrected chi connectivity index (χ2v) is 8.58. The number of ether oxygens (including phenoxy) is 2. The number of hydrogen-bond acceptors (Lipinski definition) is 4. The SMILES string of the molecule is COc1cccc(CC(NC(=O)C(c2ccccc2)c2ccccc2)C(=O)O)c1OCc1ccccc1. The molecular formula is C31H29NO5. The van der Waals surface area contributed by atoms with E-state index in [0.717, 1.165) is 16.7 Å². The highest BCUT2D eigenvalue weighted by atomic mass is 16.5. The molecule has 0 aliphatic rings. The van der Waals surface area contributed by atoms with E-state index in [2.05, 4.69) is 5.32 Å². The van der Waals surface area contributed by atoms with Crippen LogP contribution in [0.3, 0.4) is 0 Å². The minimum absolute atomic E-state index is 0.0265. The van der Waals surface area contributed by atoms with Crippen molar-refractivity contribution in [1.82, 2.24) is 5.32 Å². The molecule has 4 aromatic carbocycles. The number of hydrogen-bond donors (Lipinski definition) is 2. The van der Waals surface area contributed by atoms with Gasteiger partial charge in [0.05, 0.1) is 13.0 Å². The Hall–Kier alpha value is -4.58. The van der Waals surface area contributed by atoms with Gasteiger partial charge in [-0.05, 0) is 22.8 Å². The van der Waals surface area contributed by atoms with Crippen LogP contribution in [0.5, 0.6) is 11.5 Å². The molecule has 0 radical (unpaired) electrons. The Morgan fingerprint density at radius 3 is 1.89 bits per heavy atom. The van der Waals surface area contributed by atoms with Gasteiger partial charge in [-0.25, -0.2) is 4.79 Å². The van der Waals surface area contributed by atoms with Crippen molar-refractivity contribution < 1.29 is 24.2 Å². The maximum atomic E-state index is 13.5. The van der Waals surface area contributed by atoms with Crippen LogP contribution < -0.4 is 14.8 Å². The molecule has 0 fully saturated rings. The smallest absolute Gasteiger partial charge is 0.326 e. The van der Waals surface area contributed by atoms with E-state index in [0.29, 0.717) is 23.7 Å². The molecule has 0 heterocycles. The van der Waals surface area contributed by atoms with E-state index in [1.54, 1.807) is 18.2 Å². The number of aliphatic carboxylic acids is 1. The van der Waals surface area contributed by atoms with E-state index in [1.807, 2.05) is 91.0 Å². The van der Waals surface area contributed by atoms with Crippen molar-refractivity contribution in [3.63, 3.8) is 0 Å². The summed E-state index contributed by atoms with van der Waals surface area (Å²) in [4.78, 5) is 25.8. The fraction of sp³-hybridized carbons (Fsp3) is 0.161. The Labute approximate surface area is 216 Å². The lowest BCUT2D eigenvalue weighted by molar-refractivity contribution is -0.141. The monoisotopic (exact) mass is 495 g/mol. The lowest BCUT2D eigenvalue weighted by atomic mass is 9.90. The molecule has 37 heavy (non-hydrogen) atoms. The third kappa shape index (κ3) is 6.55. The summed E-state index contributed by atoms with van der Waals surface area (Å²) in [5, 5.41) is 12.8. The summed E-state index contributed by atoms with van der Waals surface area (Å²) in [6.45, 7) is 0.294. The largest absolute Gasteiger partial charge is 0.493 e. The van der Waals surface area contributed by atoms with Crippen LogP contribution in [0.4, 0.5) is 0 Å². The number of para-hydroxylation sites is 1. The third-order valence-electron chi connectivity index (χ3n) is 6.07. The van der Waals surface area contributed by atoms with E-state index in [-0.39, 0.29) is 12.3 Å². The summed E-state index contributed by atoms with van der Waals surface area (Å²) in [5.74, 6) is -1.22. The summed E-state index contributed by atoms with van der Waals surface area (Å²) >= 11 is 0. The molecular weight excluding hydrogens is 466 g/mol. The molecule has 188 valence electrons. The zero-order valence-corrected chi connectivity index (χ0v) is 20.5. The standard InChI is InChI=1S/C31H29NO5/c1-36-27-19-11-18-25(29(27)37-21-22-12-5-2-6-13-22)20-26(31(34)35)32-30(33)28(23-14-7-3-8-15-23)24-16-9-4-10-17-24/h2-19,26,28H,20-21H2,1H3,(H,32,33)(H,34,35). The van der Waals surface area contributed by atoms with Gasteiger partial charge in [0.1, 0.15) is 12.6 Å². The topological polar surface area (TPSA) is 84.9 Å². The van der Waals surface area contributed by atoms with Gasteiger partial charge >= 0.3 is 5.97 Å². The molecule has 1 unspecified atom stereocenters. The van der Waals surface area contributed by atoms with E-state index in [4.69, 9.17) is 9.47 Å². The zero-order valence-electron chi connectivity index (χ0n) is 20.5. The van der Waals surface area contributed by atoms with Gasteiger partial charge in [-0.1, -0.05) is 103 Å². The maximum absolute atomic E-state index is 13.5. The van der Waals surface area contributed by atoms with Gasteiger partial charge in [-0.3, -0.25) is 4.79 Å². The number of amides is 1. The first kappa shape index (κ1) is 25.5. The fourth-order valence-electron chi connectivity index (χ4n) is 4.24. The first-order chi connectivity index (χ1) is 18.1. The molecule has 2 N–H and O–H groups in total. The van der Waals surface area contributed by atoms with Crippen LogP contribution in [0.15, 0.2) is 109 Å². The second-order valence-electron chi connectivity index (χ2n) is 8.58. The average Bonchev–Trinajstić information content (AvgIpc) is 2.93. The van der Waals surface area contributed by atoms with Gasteiger partial charge in [0.15, 0.2) is 11.5 Å². The number of methoxy groups -OCH3 is 1. The Morgan fingerprint density at radius 2 is 1.35 bits per heavy atom. The maximum Gasteiger partial charge on any atom is 0.326 e. The number of benzene rings is 4. The first-order valence-electron chi connectivity index (χ1n) is 12.0. The minimum atomic E-state index is -1.17. The van der Waals surface area contributed by atoms with Crippen LogP contribution in [-0.4, -0.2) is 30.1 Å². The second kappa shape index (κ2) is 12.4. The zero-order chi connectivity index (χ0) is 26.0. The van der Waals surface area contributed by atoms with Gasteiger partial charge in [-0.15, -0.1) is 0 Å². The molecule has 6 heteroatoms. The lowest BCUT2D eigenvalue weighted by Gasteiger charge is -2.22. The van der Waals surface area contributed by atoms with Gasteiger partial charge < -0.3 is 19.9 Å². The Bertz CT molecular complexity index is 1270. The third-order valence-corrected chi connectivity index (χ3v) is 6.07. The molecule has 0 aliphatic carbocycles. The van der Waals surface area contributed by atoms with Crippen LogP contribution in [-0.2, 0) is 22.6 Å². The Morgan fingerprint density at radius 1 is 0.784 bits per heavy atom. The van der Waals surface area contributed by atoms with Crippen LogP contribution in [0.1, 0.15) is 28.2 Å². The van der Waals surface area contributed by atoms with Crippen molar-refractivity contribution in [2.75, 3.05) is 7.11 Å². The molecule has 0 saturated heterocycles. The predicted octanol–water partition coefficient (Wildman–Crippen LogP) is 5.22. The molecule has 0 saturated carbocycles. The molecule has 1 atom stereocenters. The number of carbonyl (C=O) groups is 2. The number of nitrogens with one attached hydrogen (secondary N) is 1. The number of carboxylic acid groups (broad SMARTS) is 1. The Kier molecular flexibility index (Phi) is 8.55. The van der Waals surface area contributed by atoms with Gasteiger partial charge in [0, 0.05) is 12.0 Å². The van der Waals surface area contributed by atoms with Crippen LogP contribution in [0.25, 0.3) is 0 Å². The molecule has 6 nitrogen and oxygen atoms in total. The summed E-state index contributed by atoms with van der Waals surface area (Å²) in [6.07, 6.45) is 0.0265. The number of carboxylic acids is 1. The van der Waals surface area contributed by atoms with Gasteiger partial charge in [0.25, 0.3) is 0 Å². The molecule has 0 bridgehead atoms. The molecule has 0 aliphatic heterocycles. The highest BCUT2D eigenvalue weighted by Gasteiger charge is 2.29. The van der Waals surface area contributed by atoms with Crippen molar-refractivity contribution >= 4 is 11.9 Å². The quantitative estimate of drug-likeness (QED) is 0.298.